The van der Waals surface area contributed by atoms with E-state index in [1.807, 2.05) is 0 Å². The third-order valence-corrected chi connectivity index (χ3v) is 5.18. The van der Waals surface area contributed by atoms with E-state index in [2.05, 4.69) is 32.6 Å². The van der Waals surface area contributed by atoms with Gasteiger partial charge in [-0.3, -0.25) is 4.90 Å². The highest BCUT2D eigenvalue weighted by Crippen LogP contribution is 2.38. The lowest BCUT2D eigenvalue weighted by molar-refractivity contribution is -0.1000. The summed E-state index contributed by atoms with van der Waals surface area (Å²) in [5.74, 6) is 0.507. The summed E-state index contributed by atoms with van der Waals surface area (Å²) in [6.45, 7) is 9.01. The normalized spacial score (nSPS) is 22.3. The molecule has 0 spiro atoms. The number of benzene rings is 1. The minimum absolute atomic E-state index is 0.145. The van der Waals surface area contributed by atoms with Crippen LogP contribution in [0.1, 0.15) is 40.5 Å². The monoisotopic (exact) mass is 375 g/mol. The number of aliphatic hydroxyl groups is 2. The molecule has 1 saturated heterocycles. The van der Waals surface area contributed by atoms with Crippen molar-refractivity contribution in [3.63, 3.8) is 0 Å². The van der Waals surface area contributed by atoms with E-state index in [4.69, 9.17) is 27.9 Å². The summed E-state index contributed by atoms with van der Waals surface area (Å²) < 4.78 is 5.64. The Hall–Kier alpha value is -0.520. The lowest BCUT2D eigenvalue weighted by Crippen LogP contribution is -2.63. The summed E-state index contributed by atoms with van der Waals surface area (Å²) in [6.07, 6.45) is 0.401. The maximum absolute atomic E-state index is 10.4. The van der Waals surface area contributed by atoms with Crippen LogP contribution in [0.4, 0.5) is 0 Å². The smallest absolute Gasteiger partial charge is 0.138 e. The maximum atomic E-state index is 10.4. The fraction of sp³-hybridized carbons (Fsp3) is 0.667. The number of ether oxygens (including phenoxy) is 1. The minimum atomic E-state index is -0.662. The number of hydrogen-bond acceptors (Lipinski definition) is 4. The lowest BCUT2D eigenvalue weighted by Gasteiger charge is -2.54. The third-order valence-electron chi connectivity index (χ3n) is 4.65. The Labute approximate surface area is 154 Å². The number of rotatable bonds is 5. The van der Waals surface area contributed by atoms with Crippen LogP contribution >= 0.6 is 23.2 Å². The third kappa shape index (κ3) is 4.77. The number of aliphatic hydroxyl groups excluding tert-OH is 2. The predicted octanol–water partition coefficient (Wildman–Crippen LogP) is 3.75. The molecular formula is C18H27Cl2NO3. The molecule has 1 aliphatic heterocycles. The topological polar surface area (TPSA) is 52.9 Å². The molecule has 6 heteroatoms. The van der Waals surface area contributed by atoms with Crippen molar-refractivity contribution in [3.8, 4) is 5.75 Å². The number of hydrogen-bond donors (Lipinski definition) is 2. The second-order valence-electron chi connectivity index (χ2n) is 7.84. The van der Waals surface area contributed by atoms with Crippen molar-refractivity contribution in [2.75, 3.05) is 13.2 Å². The molecule has 0 amide bonds. The van der Waals surface area contributed by atoms with Crippen LogP contribution in [0.25, 0.3) is 0 Å². The van der Waals surface area contributed by atoms with Crippen molar-refractivity contribution < 1.29 is 14.9 Å². The molecule has 1 aromatic carbocycles. The molecule has 2 N–H and O–H groups in total. The van der Waals surface area contributed by atoms with Gasteiger partial charge < -0.3 is 14.9 Å². The Bertz CT molecular complexity index is 559. The SMILES string of the molecule is CC1(C)CC(O)CC(C)(C)N1CC(O)COc1ccc(Cl)cc1Cl. The van der Waals surface area contributed by atoms with Gasteiger partial charge in [-0.2, -0.15) is 0 Å². The highest BCUT2D eigenvalue weighted by atomic mass is 35.5. The van der Waals surface area contributed by atoms with Gasteiger partial charge in [0.15, 0.2) is 0 Å². The second-order valence-corrected chi connectivity index (χ2v) is 8.68. The molecular weight excluding hydrogens is 349 g/mol. The van der Waals surface area contributed by atoms with Gasteiger partial charge in [-0.15, -0.1) is 0 Å². The molecule has 1 unspecified atom stereocenters. The standard InChI is InChI=1S/C18H27Cl2NO3/c1-17(2)8-13(22)9-18(3,4)21(17)10-14(23)11-24-16-6-5-12(19)7-15(16)20/h5-7,13-14,22-23H,8-11H2,1-4H3. The van der Waals surface area contributed by atoms with Gasteiger partial charge in [0.05, 0.1) is 11.1 Å². The van der Waals surface area contributed by atoms with Gasteiger partial charge in [-0.25, -0.2) is 0 Å². The molecule has 0 saturated carbocycles. The van der Waals surface area contributed by atoms with Crippen LogP contribution in [0, 0.1) is 0 Å². The molecule has 1 aromatic rings. The molecule has 0 aromatic heterocycles. The molecule has 1 atom stereocenters. The van der Waals surface area contributed by atoms with Crippen LogP contribution in [-0.4, -0.2) is 51.6 Å². The van der Waals surface area contributed by atoms with Gasteiger partial charge >= 0.3 is 0 Å². The van der Waals surface area contributed by atoms with Gasteiger partial charge in [-0.1, -0.05) is 23.2 Å². The fourth-order valence-corrected chi connectivity index (χ4v) is 4.26. The average Bonchev–Trinajstić information content (AvgIpc) is 2.40. The lowest BCUT2D eigenvalue weighted by atomic mass is 9.78. The van der Waals surface area contributed by atoms with E-state index in [1.165, 1.54) is 0 Å². The zero-order valence-corrected chi connectivity index (χ0v) is 16.2. The number of nitrogens with zero attached hydrogens (tertiary/aromatic N) is 1. The van der Waals surface area contributed by atoms with Crippen molar-refractivity contribution in [2.24, 2.45) is 0 Å². The van der Waals surface area contributed by atoms with Crippen LogP contribution in [0.2, 0.25) is 10.0 Å². The Balaban J connectivity index is 1.99. The first-order valence-corrected chi connectivity index (χ1v) is 8.98. The highest BCUT2D eigenvalue weighted by Gasteiger charge is 2.45. The molecule has 1 heterocycles. The largest absolute Gasteiger partial charge is 0.489 e. The van der Waals surface area contributed by atoms with Crippen LogP contribution in [0.15, 0.2) is 18.2 Å². The van der Waals surface area contributed by atoms with Crippen LogP contribution in [0.3, 0.4) is 0 Å². The van der Waals surface area contributed by atoms with Gasteiger partial charge in [0.1, 0.15) is 18.5 Å². The van der Waals surface area contributed by atoms with Crippen molar-refractivity contribution in [1.29, 1.82) is 0 Å². The summed E-state index contributed by atoms with van der Waals surface area (Å²) in [5, 5.41) is 21.5. The van der Waals surface area contributed by atoms with Crippen LogP contribution in [-0.2, 0) is 0 Å². The van der Waals surface area contributed by atoms with Crippen molar-refractivity contribution in [3.05, 3.63) is 28.2 Å². The molecule has 2 rings (SSSR count). The van der Waals surface area contributed by atoms with E-state index in [1.54, 1.807) is 18.2 Å². The summed E-state index contributed by atoms with van der Waals surface area (Å²) in [7, 11) is 0. The Kier molecular flexibility index (Phi) is 6.09. The first-order valence-electron chi connectivity index (χ1n) is 8.23. The summed E-state index contributed by atoms with van der Waals surface area (Å²) in [4.78, 5) is 2.25. The van der Waals surface area contributed by atoms with Crippen molar-refractivity contribution in [2.45, 2.75) is 63.8 Å². The van der Waals surface area contributed by atoms with Gasteiger partial charge in [0.2, 0.25) is 0 Å². The molecule has 0 aliphatic carbocycles. The van der Waals surface area contributed by atoms with Gasteiger partial charge in [0.25, 0.3) is 0 Å². The molecule has 1 fully saturated rings. The summed E-state index contributed by atoms with van der Waals surface area (Å²) in [6, 6.07) is 5.01. The van der Waals surface area contributed by atoms with Gasteiger partial charge in [0, 0.05) is 22.6 Å². The van der Waals surface area contributed by atoms with Gasteiger partial charge in [-0.05, 0) is 58.7 Å². The molecule has 24 heavy (non-hydrogen) atoms. The van der Waals surface area contributed by atoms with E-state index in [9.17, 15) is 10.2 Å². The van der Waals surface area contributed by atoms with Crippen LogP contribution < -0.4 is 4.74 Å². The first-order chi connectivity index (χ1) is 11.0. The summed E-state index contributed by atoms with van der Waals surface area (Å²) >= 11 is 11.9. The van der Waals surface area contributed by atoms with Crippen molar-refractivity contribution >= 4 is 23.2 Å². The second kappa shape index (κ2) is 7.38. The quantitative estimate of drug-likeness (QED) is 0.822. The molecule has 1 aliphatic rings. The van der Waals surface area contributed by atoms with E-state index in [0.717, 1.165) is 0 Å². The van der Waals surface area contributed by atoms with E-state index in [-0.39, 0.29) is 23.8 Å². The zero-order valence-electron chi connectivity index (χ0n) is 14.7. The fourth-order valence-electron chi connectivity index (χ4n) is 3.80. The van der Waals surface area contributed by atoms with E-state index in [0.29, 0.717) is 35.2 Å². The number of β-amino-alcohol motifs (C(OH)–C–C–N with tert-alkyl or cyclic N) is 1. The van der Waals surface area contributed by atoms with Crippen LogP contribution in [0.5, 0.6) is 5.75 Å². The average molecular weight is 376 g/mol. The Morgan fingerprint density at radius 1 is 1.21 bits per heavy atom. The molecule has 0 bridgehead atoms. The number of likely N-dealkylation sites (tertiary alicyclic amines) is 1. The predicted molar refractivity (Wildman–Crippen MR) is 98.1 cm³/mol. The minimum Gasteiger partial charge on any atom is -0.489 e. The Morgan fingerprint density at radius 2 is 1.79 bits per heavy atom. The Morgan fingerprint density at radius 3 is 2.33 bits per heavy atom. The first kappa shape index (κ1) is 19.8. The molecule has 4 nitrogen and oxygen atoms in total. The van der Waals surface area contributed by atoms with E-state index >= 15 is 0 Å². The molecule has 136 valence electrons. The molecule has 0 radical (unpaired) electrons. The van der Waals surface area contributed by atoms with Crippen molar-refractivity contribution in [1.82, 2.24) is 4.90 Å². The van der Waals surface area contributed by atoms with E-state index < -0.39 is 6.10 Å². The summed E-state index contributed by atoms with van der Waals surface area (Å²) in [5.41, 5.74) is -0.389. The maximum Gasteiger partial charge on any atom is 0.138 e. The number of piperidine rings is 1. The highest BCUT2D eigenvalue weighted by molar-refractivity contribution is 6.35. The number of halogens is 2. The zero-order chi connectivity index (χ0) is 18.1.